The molecule has 1 N–H and O–H groups in total. The summed E-state index contributed by atoms with van der Waals surface area (Å²) in [5.74, 6) is -0.408. The van der Waals surface area contributed by atoms with Crippen LogP contribution in [0.25, 0.3) is 0 Å². The maximum Gasteiger partial charge on any atom is 0.264 e. The number of halogens is 1. The molecular formula is C23H23IN2O3S2. The SMILES string of the molecule is CSc1ccc(S(=O)(=O)N(CC(=O)Nc2ccc(I)cc2C)c2ccc(C)cc2)cc1. The zero-order chi connectivity index (χ0) is 22.6. The van der Waals surface area contributed by atoms with Crippen molar-refractivity contribution in [1.29, 1.82) is 0 Å². The molecule has 0 saturated heterocycles. The Morgan fingerprint density at radius 1 is 1.00 bits per heavy atom. The van der Waals surface area contributed by atoms with Crippen LogP contribution in [0.3, 0.4) is 0 Å². The van der Waals surface area contributed by atoms with E-state index in [-0.39, 0.29) is 11.4 Å². The molecule has 0 aromatic heterocycles. The fraction of sp³-hybridized carbons (Fsp3) is 0.174. The number of carbonyl (C=O) groups excluding carboxylic acids is 1. The fourth-order valence-electron chi connectivity index (χ4n) is 2.99. The van der Waals surface area contributed by atoms with E-state index in [0.717, 1.165) is 23.9 Å². The number of aryl methyl sites for hydroxylation is 2. The van der Waals surface area contributed by atoms with Crippen LogP contribution in [0.2, 0.25) is 0 Å². The molecule has 0 saturated carbocycles. The van der Waals surface area contributed by atoms with Gasteiger partial charge in [0.05, 0.1) is 10.6 Å². The van der Waals surface area contributed by atoms with Crippen molar-refractivity contribution in [2.24, 2.45) is 0 Å². The lowest BCUT2D eigenvalue weighted by Crippen LogP contribution is -2.38. The van der Waals surface area contributed by atoms with E-state index in [1.165, 1.54) is 11.8 Å². The second-order valence-electron chi connectivity index (χ2n) is 7.03. The lowest BCUT2D eigenvalue weighted by molar-refractivity contribution is -0.114. The second-order valence-corrected chi connectivity index (χ2v) is 11.0. The summed E-state index contributed by atoms with van der Waals surface area (Å²) in [6, 6.07) is 19.4. The van der Waals surface area contributed by atoms with Crippen molar-refractivity contribution in [3.8, 4) is 0 Å². The third-order valence-electron chi connectivity index (χ3n) is 4.72. The average Bonchev–Trinajstić information content (AvgIpc) is 2.75. The summed E-state index contributed by atoms with van der Waals surface area (Å²) < 4.78 is 29.1. The molecule has 0 spiro atoms. The van der Waals surface area contributed by atoms with Crippen LogP contribution in [-0.2, 0) is 14.8 Å². The number of nitrogens with zero attached hydrogens (tertiary/aromatic N) is 1. The molecule has 0 aliphatic carbocycles. The molecule has 3 aromatic carbocycles. The summed E-state index contributed by atoms with van der Waals surface area (Å²) in [4.78, 5) is 14.0. The number of hydrogen-bond donors (Lipinski definition) is 1. The highest BCUT2D eigenvalue weighted by Gasteiger charge is 2.27. The van der Waals surface area contributed by atoms with E-state index in [1.807, 2.05) is 50.4 Å². The van der Waals surface area contributed by atoms with Crippen LogP contribution in [-0.4, -0.2) is 27.1 Å². The number of sulfonamides is 1. The summed E-state index contributed by atoms with van der Waals surface area (Å²) in [7, 11) is -3.93. The van der Waals surface area contributed by atoms with Gasteiger partial charge in [-0.2, -0.15) is 0 Å². The number of carbonyl (C=O) groups is 1. The molecule has 0 atom stereocenters. The van der Waals surface area contributed by atoms with Crippen molar-refractivity contribution in [3.63, 3.8) is 0 Å². The molecule has 0 aliphatic rings. The lowest BCUT2D eigenvalue weighted by Gasteiger charge is -2.24. The Labute approximate surface area is 201 Å². The molecule has 8 heteroatoms. The van der Waals surface area contributed by atoms with Gasteiger partial charge in [-0.25, -0.2) is 8.42 Å². The Balaban J connectivity index is 1.94. The summed E-state index contributed by atoms with van der Waals surface area (Å²) in [6.45, 7) is 3.50. The highest BCUT2D eigenvalue weighted by atomic mass is 127. The van der Waals surface area contributed by atoms with Gasteiger partial charge >= 0.3 is 0 Å². The minimum Gasteiger partial charge on any atom is -0.324 e. The molecule has 3 aromatic rings. The molecule has 1 amide bonds. The van der Waals surface area contributed by atoms with Gasteiger partial charge in [-0.1, -0.05) is 17.7 Å². The number of benzene rings is 3. The molecular weight excluding hydrogens is 543 g/mol. The van der Waals surface area contributed by atoms with Gasteiger partial charge in [-0.15, -0.1) is 11.8 Å². The lowest BCUT2D eigenvalue weighted by atomic mass is 10.2. The predicted octanol–water partition coefficient (Wildman–Crippen LogP) is 5.46. The number of thioether (sulfide) groups is 1. The Kier molecular flexibility index (Phi) is 7.66. The first kappa shape index (κ1) is 23.6. The van der Waals surface area contributed by atoms with Crippen molar-refractivity contribution >= 4 is 61.7 Å². The number of nitrogens with one attached hydrogen (secondary N) is 1. The summed E-state index contributed by atoms with van der Waals surface area (Å²) in [5, 5.41) is 2.84. The molecule has 0 heterocycles. The van der Waals surface area contributed by atoms with Gasteiger partial charge in [0, 0.05) is 14.2 Å². The Bertz CT molecular complexity index is 1180. The third-order valence-corrected chi connectivity index (χ3v) is 7.92. The number of rotatable bonds is 7. The summed E-state index contributed by atoms with van der Waals surface area (Å²) >= 11 is 3.74. The van der Waals surface area contributed by atoms with E-state index < -0.39 is 15.9 Å². The zero-order valence-electron chi connectivity index (χ0n) is 17.4. The van der Waals surface area contributed by atoms with Gasteiger partial charge < -0.3 is 5.32 Å². The van der Waals surface area contributed by atoms with Gasteiger partial charge in [0.15, 0.2) is 0 Å². The topological polar surface area (TPSA) is 66.5 Å². The molecule has 0 aliphatic heterocycles. The first-order chi connectivity index (χ1) is 14.7. The number of hydrogen-bond acceptors (Lipinski definition) is 4. The van der Waals surface area contributed by atoms with Crippen molar-refractivity contribution in [2.45, 2.75) is 23.6 Å². The van der Waals surface area contributed by atoms with Crippen LogP contribution in [0.1, 0.15) is 11.1 Å². The van der Waals surface area contributed by atoms with Gasteiger partial charge in [0.25, 0.3) is 10.0 Å². The van der Waals surface area contributed by atoms with Crippen molar-refractivity contribution in [1.82, 2.24) is 0 Å². The quantitative estimate of drug-likeness (QED) is 0.305. The van der Waals surface area contributed by atoms with E-state index in [9.17, 15) is 13.2 Å². The van der Waals surface area contributed by atoms with Crippen molar-refractivity contribution in [2.75, 3.05) is 22.4 Å². The molecule has 0 fully saturated rings. The highest BCUT2D eigenvalue weighted by molar-refractivity contribution is 14.1. The third kappa shape index (κ3) is 5.81. The first-order valence-electron chi connectivity index (χ1n) is 9.50. The molecule has 31 heavy (non-hydrogen) atoms. The minimum absolute atomic E-state index is 0.143. The zero-order valence-corrected chi connectivity index (χ0v) is 21.2. The van der Waals surface area contributed by atoms with E-state index in [0.29, 0.717) is 11.4 Å². The molecule has 162 valence electrons. The number of anilines is 2. The standard InChI is InChI=1S/C23H23IN2O3S2/c1-16-4-7-19(8-5-16)26(31(28,29)21-11-9-20(30-3)10-12-21)15-23(27)25-22-13-6-18(24)14-17(22)2/h4-14H,15H2,1-3H3,(H,25,27). The summed E-state index contributed by atoms with van der Waals surface area (Å²) in [6.07, 6.45) is 1.93. The van der Waals surface area contributed by atoms with Crippen molar-refractivity contribution in [3.05, 3.63) is 81.4 Å². The maximum atomic E-state index is 13.5. The smallest absolute Gasteiger partial charge is 0.264 e. The monoisotopic (exact) mass is 566 g/mol. The predicted molar refractivity (Wildman–Crippen MR) is 136 cm³/mol. The van der Waals surface area contributed by atoms with Crippen LogP contribution in [0.4, 0.5) is 11.4 Å². The van der Waals surface area contributed by atoms with Gasteiger partial charge in [-0.3, -0.25) is 9.10 Å². The fourth-order valence-corrected chi connectivity index (χ4v) is 5.46. The van der Waals surface area contributed by atoms with Crippen molar-refractivity contribution < 1.29 is 13.2 Å². The molecule has 0 radical (unpaired) electrons. The Morgan fingerprint density at radius 2 is 1.65 bits per heavy atom. The maximum absolute atomic E-state index is 13.5. The normalized spacial score (nSPS) is 11.2. The van der Waals surface area contributed by atoms with E-state index in [2.05, 4.69) is 27.9 Å². The molecule has 3 rings (SSSR count). The van der Waals surface area contributed by atoms with Crippen LogP contribution < -0.4 is 9.62 Å². The van der Waals surface area contributed by atoms with Gasteiger partial charge in [-0.05, 0) is 103 Å². The van der Waals surface area contributed by atoms with Crippen LogP contribution in [0, 0.1) is 17.4 Å². The van der Waals surface area contributed by atoms with Gasteiger partial charge in [0.2, 0.25) is 5.91 Å². The highest BCUT2D eigenvalue weighted by Crippen LogP contribution is 2.26. The van der Waals surface area contributed by atoms with Crippen LogP contribution in [0.15, 0.2) is 76.5 Å². The number of amides is 1. The minimum atomic E-state index is -3.93. The summed E-state index contributed by atoms with van der Waals surface area (Å²) in [5.41, 5.74) is 3.02. The van der Waals surface area contributed by atoms with E-state index >= 15 is 0 Å². The second kappa shape index (κ2) is 10.1. The first-order valence-corrected chi connectivity index (χ1v) is 13.2. The van der Waals surface area contributed by atoms with Crippen LogP contribution in [0.5, 0.6) is 0 Å². The van der Waals surface area contributed by atoms with Crippen LogP contribution >= 0.6 is 34.4 Å². The van der Waals surface area contributed by atoms with E-state index in [4.69, 9.17) is 0 Å². The largest absolute Gasteiger partial charge is 0.324 e. The molecule has 0 unspecified atom stereocenters. The molecule has 0 bridgehead atoms. The molecule has 5 nitrogen and oxygen atoms in total. The van der Waals surface area contributed by atoms with Gasteiger partial charge in [0.1, 0.15) is 6.54 Å². The van der Waals surface area contributed by atoms with E-state index in [1.54, 1.807) is 36.4 Å². The Hall–Kier alpha value is -2.04. The average molecular weight is 566 g/mol. The Morgan fingerprint density at radius 3 is 2.23 bits per heavy atom.